The molecule has 0 radical (unpaired) electrons. The molecular weight excluding hydrogens is 214 g/mol. The van der Waals surface area contributed by atoms with E-state index in [1.807, 2.05) is 0 Å². The van der Waals surface area contributed by atoms with Gasteiger partial charge in [0.1, 0.15) is 12.6 Å². The van der Waals surface area contributed by atoms with Crippen LogP contribution in [-0.4, -0.2) is 35.5 Å². The van der Waals surface area contributed by atoms with Crippen LogP contribution in [-0.2, 0) is 9.68 Å². The number of rotatable bonds is 4. The van der Waals surface area contributed by atoms with Crippen LogP contribution in [0.4, 0.5) is 0 Å². The molecule has 3 atom stereocenters. The van der Waals surface area contributed by atoms with Gasteiger partial charge in [-0.3, -0.25) is 0 Å². The topological polar surface area (TPSA) is 132 Å². The highest BCUT2D eigenvalue weighted by molar-refractivity contribution is 4.71. The monoisotopic (exact) mass is 223 g/mol. The molecule has 1 rings (SSSR count). The minimum absolute atomic E-state index is 0.0539. The van der Waals surface area contributed by atoms with Crippen molar-refractivity contribution in [3.63, 3.8) is 0 Å². The molecule has 3 unspecified atom stereocenters. The number of hydrogen-bond acceptors (Lipinski definition) is 7. The molecule has 1 fully saturated rings. The third-order valence-corrected chi connectivity index (χ3v) is 1.99. The molecule has 1 aliphatic rings. The zero-order chi connectivity index (χ0) is 11.4. The molecule has 1 saturated heterocycles. The van der Waals surface area contributed by atoms with Crippen molar-refractivity contribution >= 4 is 0 Å². The van der Waals surface area contributed by atoms with Crippen LogP contribution >= 0.6 is 0 Å². The highest BCUT2D eigenvalue weighted by Crippen LogP contribution is 2.10. The molecule has 0 aromatic heterocycles. The quantitative estimate of drug-likeness (QED) is 0.328. The lowest BCUT2D eigenvalue weighted by Gasteiger charge is -2.34. The highest BCUT2D eigenvalue weighted by atomic mass is 17.0. The van der Waals surface area contributed by atoms with Crippen LogP contribution in [0.15, 0.2) is 0 Å². The number of hydroxylamine groups is 2. The van der Waals surface area contributed by atoms with E-state index in [2.05, 4.69) is 9.68 Å². The second kappa shape index (κ2) is 4.70. The van der Waals surface area contributed by atoms with Crippen molar-refractivity contribution in [1.29, 1.82) is 0 Å². The lowest BCUT2D eigenvalue weighted by molar-refractivity contribution is -0.886. The van der Waals surface area contributed by atoms with Gasteiger partial charge in [0.15, 0.2) is 6.10 Å². The first-order chi connectivity index (χ1) is 6.99. The summed E-state index contributed by atoms with van der Waals surface area (Å²) in [5, 5.41) is 28.7. The predicted molar refractivity (Wildman–Crippen MR) is 42.4 cm³/mol. The van der Waals surface area contributed by atoms with Crippen molar-refractivity contribution in [1.82, 2.24) is 0 Å². The summed E-state index contributed by atoms with van der Waals surface area (Å²) in [4.78, 5) is 28.4. The Kier molecular flexibility index (Phi) is 3.57. The van der Waals surface area contributed by atoms with Gasteiger partial charge in [-0.15, -0.1) is 20.2 Å². The molecule has 0 aliphatic carbocycles. The Hall–Kier alpha value is -1.68. The van der Waals surface area contributed by atoms with Crippen LogP contribution in [0.2, 0.25) is 0 Å². The van der Waals surface area contributed by atoms with Crippen LogP contribution in [0.3, 0.4) is 0 Å². The summed E-state index contributed by atoms with van der Waals surface area (Å²) in [7, 11) is 0. The first-order valence-corrected chi connectivity index (χ1v) is 4.13. The molecule has 15 heavy (non-hydrogen) atoms. The molecule has 10 nitrogen and oxygen atoms in total. The number of piperidine rings is 1. The first-order valence-electron chi connectivity index (χ1n) is 4.13. The van der Waals surface area contributed by atoms with Gasteiger partial charge in [0.05, 0.1) is 6.54 Å². The van der Waals surface area contributed by atoms with Gasteiger partial charge in [0.25, 0.3) is 10.2 Å². The Bertz CT molecular complexity index is 259. The van der Waals surface area contributed by atoms with E-state index in [1.165, 1.54) is 0 Å². The third-order valence-electron chi connectivity index (χ3n) is 1.99. The van der Waals surface area contributed by atoms with Crippen molar-refractivity contribution < 1.29 is 24.9 Å². The van der Waals surface area contributed by atoms with Crippen molar-refractivity contribution in [2.24, 2.45) is 0 Å². The predicted octanol–water partition coefficient (Wildman–Crippen LogP) is -2.07. The van der Waals surface area contributed by atoms with Crippen molar-refractivity contribution in [3.8, 4) is 0 Å². The van der Waals surface area contributed by atoms with Gasteiger partial charge in [0, 0.05) is 6.42 Å². The Morgan fingerprint density at radius 1 is 1.13 bits per heavy atom. The molecule has 0 bridgehead atoms. The van der Waals surface area contributed by atoms with E-state index in [1.54, 1.807) is 0 Å². The summed E-state index contributed by atoms with van der Waals surface area (Å²) >= 11 is 0. The molecule has 1 heterocycles. The van der Waals surface area contributed by atoms with Gasteiger partial charge in [0.2, 0.25) is 0 Å². The fourth-order valence-corrected chi connectivity index (χ4v) is 1.39. The van der Waals surface area contributed by atoms with Crippen LogP contribution in [0, 0.1) is 25.4 Å². The molecule has 10 heteroatoms. The van der Waals surface area contributed by atoms with Gasteiger partial charge >= 0.3 is 0 Å². The third kappa shape index (κ3) is 3.52. The molecular formula is C5H9N3O7. The van der Waals surface area contributed by atoms with Gasteiger partial charge in [-0.05, 0) is 0 Å². The van der Waals surface area contributed by atoms with Crippen LogP contribution in [0.5, 0.6) is 0 Å². The Morgan fingerprint density at radius 2 is 1.67 bits per heavy atom. The fourth-order valence-electron chi connectivity index (χ4n) is 1.39. The largest absolute Gasteiger partial charge is 0.634 e. The first kappa shape index (κ1) is 11.4. The molecule has 0 aromatic carbocycles. The zero-order valence-electron chi connectivity index (χ0n) is 7.53. The summed E-state index contributed by atoms with van der Waals surface area (Å²) in [5.74, 6) is 0. The van der Waals surface area contributed by atoms with E-state index < -0.39 is 22.4 Å². The van der Waals surface area contributed by atoms with Gasteiger partial charge in [-0.2, -0.15) is 0 Å². The number of nitrogens with one attached hydrogen (secondary N) is 1. The van der Waals surface area contributed by atoms with Crippen molar-refractivity contribution in [3.05, 3.63) is 25.4 Å². The van der Waals surface area contributed by atoms with Crippen LogP contribution in [0.25, 0.3) is 0 Å². The molecule has 0 aromatic rings. The van der Waals surface area contributed by atoms with Crippen molar-refractivity contribution in [2.75, 3.05) is 13.1 Å². The summed E-state index contributed by atoms with van der Waals surface area (Å²) in [6.45, 7) is -0.129. The van der Waals surface area contributed by atoms with E-state index in [0.717, 1.165) is 0 Å². The fraction of sp³-hybridized carbons (Fsp3) is 1.00. The van der Waals surface area contributed by atoms with E-state index in [4.69, 9.17) is 0 Å². The summed E-state index contributed by atoms with van der Waals surface area (Å²) in [5.41, 5.74) is 0. The lowest BCUT2D eigenvalue weighted by atomic mass is 10.1. The van der Waals surface area contributed by atoms with Crippen LogP contribution in [0.1, 0.15) is 6.42 Å². The second-order valence-corrected chi connectivity index (χ2v) is 3.02. The standard InChI is InChI=1S/C5H9N3O7/c9-6-2-1-4(14-7(10)11)5(3-6)15-8(12)13/h4-6H,1-3H2. The molecule has 0 saturated carbocycles. The molecule has 86 valence electrons. The van der Waals surface area contributed by atoms with E-state index >= 15 is 0 Å². The van der Waals surface area contributed by atoms with Crippen molar-refractivity contribution in [2.45, 2.75) is 18.6 Å². The number of hydrogen-bond donors (Lipinski definition) is 1. The molecule has 1 aliphatic heterocycles. The van der Waals surface area contributed by atoms with E-state index in [0.29, 0.717) is 0 Å². The number of quaternary nitrogens is 1. The van der Waals surface area contributed by atoms with Gasteiger partial charge < -0.3 is 19.9 Å². The zero-order valence-corrected chi connectivity index (χ0v) is 7.53. The summed E-state index contributed by atoms with van der Waals surface area (Å²) in [6.07, 6.45) is -2.19. The average Bonchev–Trinajstić information content (AvgIpc) is 2.08. The summed E-state index contributed by atoms with van der Waals surface area (Å²) in [6, 6.07) is 0. The Morgan fingerprint density at radius 3 is 2.20 bits per heavy atom. The average molecular weight is 223 g/mol. The normalized spacial score (nSPS) is 30.6. The van der Waals surface area contributed by atoms with E-state index in [-0.39, 0.29) is 24.6 Å². The number of nitrogens with zero attached hydrogens (tertiary/aromatic N) is 2. The maximum Gasteiger partial charge on any atom is 0.295 e. The Labute approximate surface area is 83.1 Å². The summed E-state index contributed by atoms with van der Waals surface area (Å²) < 4.78 is 0. The maximum absolute atomic E-state index is 11.0. The molecule has 0 amide bonds. The highest BCUT2D eigenvalue weighted by Gasteiger charge is 2.35. The van der Waals surface area contributed by atoms with Gasteiger partial charge in [-0.1, -0.05) is 0 Å². The second-order valence-electron chi connectivity index (χ2n) is 3.02. The molecule has 0 spiro atoms. The SMILES string of the molecule is O=[N+]([O-])OC1CC[NH+]([O-])CC1O[N+](=O)[O-]. The van der Waals surface area contributed by atoms with E-state index in [9.17, 15) is 25.4 Å². The smallest absolute Gasteiger partial charge is 0.295 e. The minimum atomic E-state index is -1.19. The lowest BCUT2D eigenvalue weighted by Crippen LogP contribution is -3.10. The Balaban J connectivity index is 2.57. The maximum atomic E-state index is 11.0. The minimum Gasteiger partial charge on any atom is -0.634 e. The van der Waals surface area contributed by atoms with Crippen LogP contribution < -0.4 is 5.06 Å². The van der Waals surface area contributed by atoms with Gasteiger partial charge in [-0.25, -0.2) is 0 Å². The molecule has 1 N–H and O–H groups in total.